The van der Waals surface area contributed by atoms with Gasteiger partial charge in [0.15, 0.2) is 0 Å². The molecule has 2 rings (SSSR count). The van der Waals surface area contributed by atoms with E-state index in [1.54, 1.807) is 0 Å². The summed E-state index contributed by atoms with van der Waals surface area (Å²) in [5, 5.41) is 12.2. The predicted molar refractivity (Wildman–Crippen MR) is 71.9 cm³/mol. The molecule has 0 aliphatic rings. The molecule has 1 aromatic carbocycles. The fourth-order valence-corrected chi connectivity index (χ4v) is 1.91. The highest BCUT2D eigenvalue weighted by Gasteiger charge is 2.04. The number of fused-ring (bicyclic) bond motifs is 1. The molecule has 19 heavy (non-hydrogen) atoms. The van der Waals surface area contributed by atoms with Gasteiger partial charge in [0.05, 0.1) is 6.42 Å². The van der Waals surface area contributed by atoms with Crippen LogP contribution in [-0.4, -0.2) is 28.5 Å². The Labute approximate surface area is 110 Å². The van der Waals surface area contributed by atoms with Gasteiger partial charge in [-0.15, -0.1) is 0 Å². The summed E-state index contributed by atoms with van der Waals surface area (Å²) in [6, 6.07) is 8.03. The molecule has 1 amide bonds. The van der Waals surface area contributed by atoms with E-state index in [-0.39, 0.29) is 18.9 Å². The summed E-state index contributed by atoms with van der Waals surface area (Å²) in [7, 11) is 0. The van der Waals surface area contributed by atoms with E-state index in [1.165, 1.54) is 0 Å². The van der Waals surface area contributed by atoms with E-state index in [2.05, 4.69) is 16.4 Å². The first-order valence-corrected chi connectivity index (χ1v) is 6.19. The Morgan fingerprint density at radius 2 is 2.05 bits per heavy atom. The zero-order valence-electron chi connectivity index (χ0n) is 10.5. The maximum absolute atomic E-state index is 11.5. The van der Waals surface area contributed by atoms with Crippen LogP contribution < -0.4 is 5.32 Å². The summed E-state index contributed by atoms with van der Waals surface area (Å²) in [6.07, 6.45) is 2.86. The second-order valence-electron chi connectivity index (χ2n) is 4.39. The number of aromatic nitrogens is 1. The van der Waals surface area contributed by atoms with E-state index < -0.39 is 5.97 Å². The number of rotatable bonds is 6. The quantitative estimate of drug-likeness (QED) is 0.739. The van der Waals surface area contributed by atoms with Gasteiger partial charge in [-0.2, -0.15) is 0 Å². The molecule has 1 aromatic heterocycles. The molecular weight excluding hydrogens is 244 g/mol. The number of carbonyl (C=O) groups is 2. The number of hydrogen-bond donors (Lipinski definition) is 3. The Morgan fingerprint density at radius 3 is 2.84 bits per heavy atom. The average Bonchev–Trinajstić information content (AvgIpc) is 2.83. The first-order chi connectivity index (χ1) is 9.15. The number of amides is 1. The van der Waals surface area contributed by atoms with Crippen molar-refractivity contribution in [1.82, 2.24) is 10.3 Å². The zero-order chi connectivity index (χ0) is 13.7. The number of aromatic amines is 1. The molecule has 0 atom stereocenters. The van der Waals surface area contributed by atoms with Gasteiger partial charge in [0.1, 0.15) is 0 Å². The topological polar surface area (TPSA) is 82.2 Å². The minimum Gasteiger partial charge on any atom is -0.481 e. The highest BCUT2D eigenvalue weighted by atomic mass is 16.4. The average molecular weight is 260 g/mol. The van der Waals surface area contributed by atoms with Crippen LogP contribution in [0.25, 0.3) is 10.9 Å². The van der Waals surface area contributed by atoms with Crippen LogP contribution in [0.4, 0.5) is 0 Å². The summed E-state index contributed by atoms with van der Waals surface area (Å²) in [6.45, 7) is 0.186. The maximum atomic E-state index is 11.5. The van der Waals surface area contributed by atoms with Crippen molar-refractivity contribution in [2.75, 3.05) is 6.54 Å². The van der Waals surface area contributed by atoms with E-state index in [0.29, 0.717) is 12.8 Å². The van der Waals surface area contributed by atoms with E-state index in [4.69, 9.17) is 5.11 Å². The number of carboxylic acid groups (broad SMARTS) is 1. The molecule has 0 saturated carbocycles. The van der Waals surface area contributed by atoms with Crippen LogP contribution in [0.3, 0.4) is 0 Å². The van der Waals surface area contributed by atoms with Gasteiger partial charge in [-0.1, -0.05) is 6.07 Å². The molecule has 0 aliphatic heterocycles. The van der Waals surface area contributed by atoms with Crippen molar-refractivity contribution in [3.8, 4) is 0 Å². The minimum atomic E-state index is -0.904. The van der Waals surface area contributed by atoms with Crippen LogP contribution in [0.15, 0.2) is 30.5 Å². The molecule has 5 nitrogen and oxygen atoms in total. The van der Waals surface area contributed by atoms with Gasteiger partial charge >= 0.3 is 5.97 Å². The number of nitrogens with one attached hydrogen (secondary N) is 2. The molecular formula is C14H16N2O3. The Bertz CT molecular complexity index is 589. The standard InChI is InChI=1S/C14H16N2O3/c17-13(16-8-6-14(18)19)4-2-10-1-3-12-11(9-10)5-7-15-12/h1,3,5,7,9,15H,2,4,6,8H2,(H,16,17)(H,18,19). The van der Waals surface area contributed by atoms with Gasteiger partial charge in [-0.05, 0) is 35.6 Å². The van der Waals surface area contributed by atoms with Gasteiger partial charge in [-0.25, -0.2) is 0 Å². The third-order valence-corrected chi connectivity index (χ3v) is 2.92. The number of hydrogen-bond acceptors (Lipinski definition) is 2. The minimum absolute atomic E-state index is 0.0406. The summed E-state index contributed by atoms with van der Waals surface area (Å²) >= 11 is 0. The van der Waals surface area contributed by atoms with Crippen LogP contribution in [0.2, 0.25) is 0 Å². The molecule has 0 spiro atoms. The Kier molecular flexibility index (Phi) is 4.18. The van der Waals surface area contributed by atoms with Crippen molar-refractivity contribution in [2.24, 2.45) is 0 Å². The summed E-state index contributed by atoms with van der Waals surface area (Å²) < 4.78 is 0. The van der Waals surface area contributed by atoms with Crippen molar-refractivity contribution in [1.29, 1.82) is 0 Å². The maximum Gasteiger partial charge on any atom is 0.305 e. The number of benzene rings is 1. The molecule has 0 saturated heterocycles. The van der Waals surface area contributed by atoms with Crippen molar-refractivity contribution < 1.29 is 14.7 Å². The summed E-state index contributed by atoms with van der Waals surface area (Å²) in [4.78, 5) is 24.9. The van der Waals surface area contributed by atoms with E-state index in [0.717, 1.165) is 16.5 Å². The van der Waals surface area contributed by atoms with Gasteiger partial charge in [0.25, 0.3) is 0 Å². The van der Waals surface area contributed by atoms with Crippen LogP contribution in [0.5, 0.6) is 0 Å². The van der Waals surface area contributed by atoms with Crippen molar-refractivity contribution >= 4 is 22.8 Å². The Balaban J connectivity index is 1.81. The van der Waals surface area contributed by atoms with Gasteiger partial charge in [0, 0.05) is 24.7 Å². The molecule has 5 heteroatoms. The second kappa shape index (κ2) is 6.04. The molecule has 0 radical (unpaired) electrons. The lowest BCUT2D eigenvalue weighted by Crippen LogP contribution is -2.26. The fourth-order valence-electron chi connectivity index (χ4n) is 1.91. The van der Waals surface area contributed by atoms with E-state index in [9.17, 15) is 9.59 Å². The third kappa shape index (κ3) is 3.84. The number of H-pyrrole nitrogens is 1. The van der Waals surface area contributed by atoms with Crippen LogP contribution >= 0.6 is 0 Å². The van der Waals surface area contributed by atoms with Crippen LogP contribution in [0.1, 0.15) is 18.4 Å². The number of carboxylic acids is 1. The molecule has 0 fully saturated rings. The first kappa shape index (κ1) is 13.1. The van der Waals surface area contributed by atoms with E-state index in [1.807, 2.05) is 24.4 Å². The smallest absolute Gasteiger partial charge is 0.305 e. The predicted octanol–water partition coefficient (Wildman–Crippen LogP) is 1.69. The van der Waals surface area contributed by atoms with E-state index >= 15 is 0 Å². The molecule has 0 aliphatic carbocycles. The number of carbonyl (C=O) groups excluding carboxylic acids is 1. The molecule has 100 valence electrons. The molecule has 0 unspecified atom stereocenters. The third-order valence-electron chi connectivity index (χ3n) is 2.92. The van der Waals surface area contributed by atoms with Crippen molar-refractivity contribution in [3.63, 3.8) is 0 Å². The molecule has 1 heterocycles. The molecule has 2 aromatic rings. The lowest BCUT2D eigenvalue weighted by atomic mass is 10.1. The monoisotopic (exact) mass is 260 g/mol. The second-order valence-corrected chi connectivity index (χ2v) is 4.39. The Hall–Kier alpha value is -2.30. The number of aliphatic carboxylic acids is 1. The van der Waals surface area contributed by atoms with Crippen molar-refractivity contribution in [2.45, 2.75) is 19.3 Å². The van der Waals surface area contributed by atoms with Gasteiger partial charge in [0.2, 0.25) is 5.91 Å². The summed E-state index contributed by atoms with van der Waals surface area (Å²) in [5.74, 6) is -1.02. The van der Waals surface area contributed by atoms with Crippen LogP contribution in [-0.2, 0) is 16.0 Å². The highest BCUT2D eigenvalue weighted by molar-refractivity contribution is 5.80. The largest absolute Gasteiger partial charge is 0.481 e. The molecule has 3 N–H and O–H groups in total. The summed E-state index contributed by atoms with van der Waals surface area (Å²) in [5.41, 5.74) is 2.18. The fraction of sp³-hybridized carbons (Fsp3) is 0.286. The highest BCUT2D eigenvalue weighted by Crippen LogP contribution is 2.15. The lowest BCUT2D eigenvalue weighted by Gasteiger charge is -2.04. The lowest BCUT2D eigenvalue weighted by molar-refractivity contribution is -0.136. The SMILES string of the molecule is O=C(O)CCNC(=O)CCc1ccc2[nH]ccc2c1. The van der Waals surface area contributed by atoms with Gasteiger partial charge in [-0.3, -0.25) is 9.59 Å². The Morgan fingerprint density at radius 1 is 1.21 bits per heavy atom. The van der Waals surface area contributed by atoms with Crippen LogP contribution in [0, 0.1) is 0 Å². The number of aryl methyl sites for hydroxylation is 1. The zero-order valence-corrected chi connectivity index (χ0v) is 10.5. The normalized spacial score (nSPS) is 10.5. The molecule has 0 bridgehead atoms. The van der Waals surface area contributed by atoms with Gasteiger partial charge < -0.3 is 15.4 Å². The van der Waals surface area contributed by atoms with Crippen molar-refractivity contribution in [3.05, 3.63) is 36.0 Å². The first-order valence-electron chi connectivity index (χ1n) is 6.19.